The molecule has 0 bridgehead atoms. The fraction of sp³-hybridized carbons (Fsp3) is 0.111. The van der Waals surface area contributed by atoms with Crippen LogP contribution in [0.25, 0.3) is 11.3 Å². The van der Waals surface area contributed by atoms with E-state index in [2.05, 4.69) is 10.5 Å². The number of nitrogens with zero attached hydrogens (tertiary/aromatic N) is 2. The first-order chi connectivity index (χ1) is 13.0. The van der Waals surface area contributed by atoms with Crippen molar-refractivity contribution in [1.82, 2.24) is 5.43 Å². The van der Waals surface area contributed by atoms with Crippen LogP contribution in [0.3, 0.4) is 0 Å². The number of methoxy groups -OCH3 is 1. The molecule has 3 aromatic rings. The molecule has 1 N–H and O–H groups in total. The first kappa shape index (κ1) is 17.9. The number of ether oxygens (including phenoxy) is 1. The summed E-state index contributed by atoms with van der Waals surface area (Å²) in [6.07, 6.45) is 1.31. The molecule has 0 radical (unpaired) electrons. The van der Waals surface area contributed by atoms with Crippen molar-refractivity contribution in [2.45, 2.75) is 6.92 Å². The molecule has 0 atom stereocenters. The number of nitrogens with one attached hydrogen (secondary N) is 1. The van der Waals surface area contributed by atoms with Crippen molar-refractivity contribution in [3.63, 3.8) is 0 Å². The van der Waals surface area contributed by atoms with Gasteiger partial charge in [0.2, 0.25) is 0 Å². The van der Waals surface area contributed by atoms with Gasteiger partial charge >= 0.3 is 5.91 Å². The van der Waals surface area contributed by atoms with E-state index in [1.54, 1.807) is 31.2 Å². The second kappa shape index (κ2) is 7.56. The highest BCUT2D eigenvalue weighted by Gasteiger charge is 2.15. The van der Waals surface area contributed by atoms with Gasteiger partial charge in [-0.05, 0) is 37.3 Å². The van der Waals surface area contributed by atoms with Crippen molar-refractivity contribution >= 4 is 17.8 Å². The van der Waals surface area contributed by atoms with E-state index in [1.807, 2.05) is 0 Å². The zero-order chi connectivity index (χ0) is 19.4. The predicted molar refractivity (Wildman–Crippen MR) is 95.9 cm³/mol. The van der Waals surface area contributed by atoms with Gasteiger partial charge in [-0.25, -0.2) is 5.43 Å². The molecule has 27 heavy (non-hydrogen) atoms. The first-order valence-corrected chi connectivity index (χ1v) is 7.80. The quantitative estimate of drug-likeness (QED) is 0.403. The minimum Gasteiger partial charge on any atom is -0.496 e. The van der Waals surface area contributed by atoms with E-state index in [0.717, 1.165) is 0 Å². The Morgan fingerprint density at radius 2 is 2.04 bits per heavy atom. The molecular weight excluding hydrogens is 354 g/mol. The van der Waals surface area contributed by atoms with Crippen LogP contribution >= 0.6 is 0 Å². The van der Waals surface area contributed by atoms with Crippen LogP contribution < -0.4 is 10.2 Å². The minimum absolute atomic E-state index is 0.0848. The van der Waals surface area contributed by atoms with E-state index >= 15 is 0 Å². The highest BCUT2D eigenvalue weighted by atomic mass is 16.6. The third-order valence-corrected chi connectivity index (χ3v) is 3.61. The fourth-order valence-corrected chi connectivity index (χ4v) is 2.34. The molecule has 1 amide bonds. The molecule has 0 fully saturated rings. The summed E-state index contributed by atoms with van der Waals surface area (Å²) in [7, 11) is 1.46. The van der Waals surface area contributed by atoms with Gasteiger partial charge in [0.15, 0.2) is 5.76 Å². The van der Waals surface area contributed by atoms with Crippen molar-refractivity contribution in [2.24, 2.45) is 5.10 Å². The summed E-state index contributed by atoms with van der Waals surface area (Å²) in [6, 6.07) is 10.7. The average molecular weight is 369 g/mol. The third kappa shape index (κ3) is 4.03. The summed E-state index contributed by atoms with van der Waals surface area (Å²) < 4.78 is 16.0. The van der Waals surface area contributed by atoms with Gasteiger partial charge < -0.3 is 13.6 Å². The SMILES string of the molecule is COc1ccc([N+](=O)[O-])cc1-c1ccc(C=NNC(=O)c2ccc(C)o2)o1. The lowest BCUT2D eigenvalue weighted by Gasteiger charge is -2.05. The lowest BCUT2D eigenvalue weighted by molar-refractivity contribution is -0.384. The Bertz CT molecular complexity index is 1020. The van der Waals surface area contributed by atoms with Crippen LogP contribution in [0.2, 0.25) is 0 Å². The largest absolute Gasteiger partial charge is 0.496 e. The summed E-state index contributed by atoms with van der Waals surface area (Å²) >= 11 is 0. The predicted octanol–water partition coefficient (Wildman–Crippen LogP) is 3.53. The highest BCUT2D eigenvalue weighted by Crippen LogP contribution is 2.34. The van der Waals surface area contributed by atoms with Gasteiger partial charge in [-0.15, -0.1) is 0 Å². The maximum atomic E-state index is 11.8. The molecule has 3 rings (SSSR count). The van der Waals surface area contributed by atoms with E-state index in [9.17, 15) is 14.9 Å². The number of hydrogen-bond acceptors (Lipinski definition) is 7. The number of carbonyl (C=O) groups is 1. The van der Waals surface area contributed by atoms with E-state index in [4.69, 9.17) is 13.6 Å². The van der Waals surface area contributed by atoms with Gasteiger partial charge in [0, 0.05) is 12.1 Å². The number of benzene rings is 1. The normalized spacial score (nSPS) is 10.9. The van der Waals surface area contributed by atoms with Gasteiger partial charge in [0.25, 0.3) is 5.69 Å². The third-order valence-electron chi connectivity index (χ3n) is 3.61. The van der Waals surface area contributed by atoms with Crippen LogP contribution in [0.1, 0.15) is 22.1 Å². The fourth-order valence-electron chi connectivity index (χ4n) is 2.34. The number of carbonyl (C=O) groups excluding carboxylic acids is 1. The Morgan fingerprint density at radius 3 is 2.70 bits per heavy atom. The maximum Gasteiger partial charge on any atom is 0.307 e. The van der Waals surface area contributed by atoms with Crippen molar-refractivity contribution in [3.05, 3.63) is 69.9 Å². The number of furan rings is 2. The Balaban J connectivity index is 1.76. The Hall–Kier alpha value is -3.88. The molecule has 9 nitrogen and oxygen atoms in total. The lowest BCUT2D eigenvalue weighted by Crippen LogP contribution is -2.16. The van der Waals surface area contributed by atoms with E-state index < -0.39 is 10.8 Å². The summed E-state index contributed by atoms with van der Waals surface area (Å²) in [5.41, 5.74) is 2.67. The van der Waals surface area contributed by atoms with Crippen LogP contribution in [0.5, 0.6) is 5.75 Å². The lowest BCUT2D eigenvalue weighted by atomic mass is 10.1. The van der Waals surface area contributed by atoms with Gasteiger partial charge in [-0.2, -0.15) is 5.10 Å². The minimum atomic E-state index is -0.500. The molecule has 0 aliphatic heterocycles. The standard InChI is InChI=1S/C18H15N3O6/c1-11-3-6-17(26-11)18(22)20-19-10-13-5-8-16(27-13)14-9-12(21(23)24)4-7-15(14)25-2/h3-10H,1-2H3,(H,20,22). The summed E-state index contributed by atoms with van der Waals surface area (Å²) in [5, 5.41) is 14.8. The number of rotatable bonds is 6. The van der Waals surface area contributed by atoms with Crippen molar-refractivity contribution in [3.8, 4) is 17.1 Å². The van der Waals surface area contributed by atoms with Gasteiger partial charge in [-0.1, -0.05) is 0 Å². The highest BCUT2D eigenvalue weighted by molar-refractivity contribution is 5.92. The number of non-ortho nitro benzene ring substituents is 1. The van der Waals surface area contributed by atoms with Gasteiger partial charge in [-0.3, -0.25) is 14.9 Å². The van der Waals surface area contributed by atoms with Crippen LogP contribution in [-0.4, -0.2) is 24.2 Å². The van der Waals surface area contributed by atoms with Crippen molar-refractivity contribution < 1.29 is 23.3 Å². The van der Waals surface area contributed by atoms with E-state index in [-0.39, 0.29) is 11.4 Å². The molecule has 0 spiro atoms. The van der Waals surface area contributed by atoms with E-state index in [0.29, 0.717) is 28.6 Å². The maximum absolute atomic E-state index is 11.8. The molecule has 9 heteroatoms. The molecule has 2 heterocycles. The number of nitro benzene ring substituents is 1. The number of nitro groups is 1. The molecule has 0 saturated heterocycles. The van der Waals surface area contributed by atoms with Crippen molar-refractivity contribution in [1.29, 1.82) is 0 Å². The number of hydrazone groups is 1. The second-order valence-corrected chi connectivity index (χ2v) is 5.45. The molecule has 138 valence electrons. The summed E-state index contributed by atoms with van der Waals surface area (Å²) in [5.74, 6) is 1.41. The van der Waals surface area contributed by atoms with Gasteiger partial charge in [0.05, 0.1) is 23.8 Å². The van der Waals surface area contributed by atoms with Crippen LogP contribution in [0, 0.1) is 17.0 Å². The van der Waals surface area contributed by atoms with Crippen LogP contribution in [-0.2, 0) is 0 Å². The Morgan fingerprint density at radius 1 is 1.22 bits per heavy atom. The monoisotopic (exact) mass is 369 g/mol. The molecule has 0 saturated carbocycles. The topological polar surface area (TPSA) is 120 Å². The number of amides is 1. The van der Waals surface area contributed by atoms with Crippen LogP contribution in [0.4, 0.5) is 5.69 Å². The van der Waals surface area contributed by atoms with Crippen molar-refractivity contribution in [2.75, 3.05) is 7.11 Å². The zero-order valence-corrected chi connectivity index (χ0v) is 14.5. The molecule has 0 unspecified atom stereocenters. The molecular formula is C18H15N3O6. The second-order valence-electron chi connectivity index (χ2n) is 5.45. The molecule has 1 aromatic carbocycles. The first-order valence-electron chi connectivity index (χ1n) is 7.80. The zero-order valence-electron chi connectivity index (χ0n) is 14.5. The molecule has 0 aliphatic carbocycles. The van der Waals surface area contributed by atoms with E-state index in [1.165, 1.54) is 31.5 Å². The Kier molecular flexibility index (Phi) is 5.02. The Labute approximate surface area is 153 Å². The number of hydrogen-bond donors (Lipinski definition) is 1. The van der Waals surface area contributed by atoms with Crippen LogP contribution in [0.15, 0.2) is 56.4 Å². The number of aryl methyl sites for hydroxylation is 1. The summed E-state index contributed by atoms with van der Waals surface area (Å²) in [4.78, 5) is 22.3. The molecule has 2 aromatic heterocycles. The molecule has 0 aliphatic rings. The average Bonchev–Trinajstić information content (AvgIpc) is 3.30. The smallest absolute Gasteiger partial charge is 0.307 e. The van der Waals surface area contributed by atoms with Gasteiger partial charge in [0.1, 0.15) is 23.0 Å². The summed E-state index contributed by atoms with van der Waals surface area (Å²) in [6.45, 7) is 1.73.